The van der Waals surface area contributed by atoms with Crippen LogP contribution in [0.15, 0.2) is 59.3 Å². The fourth-order valence-electron chi connectivity index (χ4n) is 4.33. The Balaban J connectivity index is 1.20. The highest BCUT2D eigenvalue weighted by Crippen LogP contribution is 2.26. The first-order valence-electron chi connectivity index (χ1n) is 11.2. The number of nitrogens with one attached hydrogen (secondary N) is 2. The summed E-state index contributed by atoms with van der Waals surface area (Å²) in [6, 6.07) is 13.6. The van der Waals surface area contributed by atoms with Gasteiger partial charge in [-0.2, -0.15) is 5.10 Å². The molecule has 5 rings (SSSR count). The number of aromatic nitrogens is 3. The van der Waals surface area contributed by atoms with Crippen LogP contribution in [0.4, 0.5) is 0 Å². The lowest BCUT2D eigenvalue weighted by atomic mass is 9.96. The molecule has 8 nitrogen and oxygen atoms in total. The van der Waals surface area contributed by atoms with E-state index >= 15 is 0 Å². The maximum absolute atomic E-state index is 12.9. The van der Waals surface area contributed by atoms with E-state index in [2.05, 4.69) is 25.4 Å². The van der Waals surface area contributed by atoms with Crippen LogP contribution in [-0.2, 0) is 6.54 Å². The van der Waals surface area contributed by atoms with Gasteiger partial charge in [0.15, 0.2) is 5.69 Å². The van der Waals surface area contributed by atoms with Crippen molar-refractivity contribution in [3.63, 3.8) is 0 Å². The van der Waals surface area contributed by atoms with Gasteiger partial charge in [0.25, 0.3) is 5.91 Å². The number of fused-ring (bicyclic) bond motifs is 1. The Kier molecular flexibility index (Phi) is 6.08. The van der Waals surface area contributed by atoms with Gasteiger partial charge in [-0.15, -0.1) is 0 Å². The van der Waals surface area contributed by atoms with E-state index < -0.39 is 0 Å². The minimum Gasteiger partial charge on any atom is -0.481 e. The van der Waals surface area contributed by atoms with Crippen molar-refractivity contribution in [3.05, 3.63) is 66.4 Å². The highest BCUT2D eigenvalue weighted by molar-refractivity contribution is 6.05. The van der Waals surface area contributed by atoms with E-state index in [4.69, 9.17) is 9.15 Å². The van der Waals surface area contributed by atoms with Crippen LogP contribution in [-0.4, -0.2) is 52.7 Å². The number of piperidine rings is 1. The molecule has 2 N–H and O–H groups in total. The van der Waals surface area contributed by atoms with Gasteiger partial charge in [-0.05, 0) is 67.7 Å². The molecule has 0 spiro atoms. The number of benzene rings is 1. The van der Waals surface area contributed by atoms with Crippen LogP contribution in [0.3, 0.4) is 0 Å². The average Bonchev–Trinajstić information content (AvgIpc) is 3.53. The molecule has 8 heteroatoms. The molecule has 0 radical (unpaired) electrons. The van der Waals surface area contributed by atoms with Crippen molar-refractivity contribution in [1.29, 1.82) is 0 Å². The number of amides is 1. The number of aromatic amines is 1. The van der Waals surface area contributed by atoms with Gasteiger partial charge in [0.05, 0.1) is 25.4 Å². The first-order chi connectivity index (χ1) is 16.2. The summed E-state index contributed by atoms with van der Waals surface area (Å²) in [4.78, 5) is 19.6. The number of methoxy groups -OCH3 is 1. The van der Waals surface area contributed by atoms with Gasteiger partial charge in [-0.3, -0.25) is 14.8 Å². The molecule has 3 aromatic heterocycles. The van der Waals surface area contributed by atoms with Crippen molar-refractivity contribution in [3.8, 4) is 17.0 Å². The van der Waals surface area contributed by atoms with Gasteiger partial charge >= 0.3 is 0 Å². The van der Waals surface area contributed by atoms with Gasteiger partial charge < -0.3 is 14.5 Å². The highest BCUT2D eigenvalue weighted by atomic mass is 16.5. The lowest BCUT2D eigenvalue weighted by Crippen LogP contribution is -2.38. The lowest BCUT2D eigenvalue weighted by Gasteiger charge is -2.31. The van der Waals surface area contributed by atoms with Crippen molar-refractivity contribution >= 4 is 16.8 Å². The number of pyridine rings is 1. The molecule has 0 aliphatic carbocycles. The van der Waals surface area contributed by atoms with Crippen LogP contribution in [0.25, 0.3) is 22.0 Å². The third-order valence-electron chi connectivity index (χ3n) is 6.27. The zero-order valence-corrected chi connectivity index (χ0v) is 18.6. The Labute approximate surface area is 192 Å². The predicted octanol–water partition coefficient (Wildman–Crippen LogP) is 3.87. The van der Waals surface area contributed by atoms with Gasteiger partial charge in [0, 0.05) is 29.8 Å². The largest absolute Gasteiger partial charge is 0.481 e. The zero-order valence-electron chi connectivity index (χ0n) is 18.6. The smallest absolute Gasteiger partial charge is 0.272 e. The third kappa shape index (κ3) is 4.75. The molecule has 1 fully saturated rings. The molecule has 33 heavy (non-hydrogen) atoms. The van der Waals surface area contributed by atoms with E-state index in [1.165, 1.54) is 0 Å². The number of hydrogen-bond acceptors (Lipinski definition) is 6. The fraction of sp³-hybridized carbons (Fsp3) is 0.320. The van der Waals surface area contributed by atoms with E-state index in [1.54, 1.807) is 19.6 Å². The van der Waals surface area contributed by atoms with Crippen molar-refractivity contribution in [2.45, 2.75) is 19.4 Å². The summed E-state index contributed by atoms with van der Waals surface area (Å²) in [7, 11) is 1.59. The summed E-state index contributed by atoms with van der Waals surface area (Å²) < 4.78 is 10.6. The summed E-state index contributed by atoms with van der Waals surface area (Å²) in [6.07, 6.45) is 5.58. The van der Waals surface area contributed by atoms with Gasteiger partial charge in [0.1, 0.15) is 5.76 Å². The second kappa shape index (κ2) is 9.46. The lowest BCUT2D eigenvalue weighted by molar-refractivity contribution is 0.0930. The number of likely N-dealkylation sites (tertiary alicyclic amines) is 1. The molecule has 0 unspecified atom stereocenters. The van der Waals surface area contributed by atoms with Crippen molar-refractivity contribution < 1.29 is 13.9 Å². The van der Waals surface area contributed by atoms with Crippen LogP contribution in [0.5, 0.6) is 5.88 Å². The predicted molar refractivity (Wildman–Crippen MR) is 125 cm³/mol. The number of rotatable bonds is 7. The van der Waals surface area contributed by atoms with Crippen LogP contribution in [0.1, 0.15) is 29.1 Å². The van der Waals surface area contributed by atoms with Gasteiger partial charge in [-0.1, -0.05) is 6.07 Å². The Hall–Kier alpha value is -3.65. The van der Waals surface area contributed by atoms with E-state index in [-0.39, 0.29) is 5.91 Å². The SMILES string of the molecule is COc1ccc(-c2ccc3[nH]nc(C(=O)NCC4CCN(Cc5ccco5)CC4)c3c2)cn1. The van der Waals surface area contributed by atoms with Crippen molar-refractivity contribution in [2.75, 3.05) is 26.7 Å². The molecule has 1 aliphatic heterocycles. The van der Waals surface area contributed by atoms with Crippen LogP contribution in [0.2, 0.25) is 0 Å². The number of nitrogens with zero attached hydrogens (tertiary/aromatic N) is 3. The molecule has 1 saturated heterocycles. The number of H-pyrrole nitrogens is 1. The van der Waals surface area contributed by atoms with Crippen molar-refractivity contribution in [1.82, 2.24) is 25.4 Å². The number of hydrogen-bond donors (Lipinski definition) is 2. The fourth-order valence-corrected chi connectivity index (χ4v) is 4.33. The van der Waals surface area contributed by atoms with E-state index in [0.29, 0.717) is 24.0 Å². The second-order valence-corrected chi connectivity index (χ2v) is 8.43. The number of carbonyl (C=O) groups excluding carboxylic acids is 1. The number of furan rings is 1. The van der Waals surface area contributed by atoms with Gasteiger partial charge in [-0.25, -0.2) is 4.98 Å². The second-order valence-electron chi connectivity index (χ2n) is 8.43. The van der Waals surface area contributed by atoms with Crippen LogP contribution in [0, 0.1) is 5.92 Å². The first-order valence-corrected chi connectivity index (χ1v) is 11.2. The molecule has 0 bridgehead atoms. The van der Waals surface area contributed by atoms with E-state index in [0.717, 1.165) is 60.3 Å². The summed E-state index contributed by atoms with van der Waals surface area (Å²) in [6.45, 7) is 3.51. The summed E-state index contributed by atoms with van der Waals surface area (Å²) >= 11 is 0. The van der Waals surface area contributed by atoms with Crippen LogP contribution >= 0.6 is 0 Å². The average molecular weight is 446 g/mol. The molecule has 170 valence electrons. The Bertz CT molecular complexity index is 1210. The Morgan fingerprint density at radius 3 is 2.79 bits per heavy atom. The quantitative estimate of drug-likeness (QED) is 0.448. The molecule has 0 atom stereocenters. The van der Waals surface area contributed by atoms with Crippen molar-refractivity contribution in [2.24, 2.45) is 5.92 Å². The van der Waals surface area contributed by atoms with Crippen LogP contribution < -0.4 is 10.1 Å². The summed E-state index contributed by atoms with van der Waals surface area (Å²) in [5, 5.41) is 11.1. The topological polar surface area (TPSA) is 96.3 Å². The molecule has 1 aromatic carbocycles. The first kappa shape index (κ1) is 21.2. The zero-order chi connectivity index (χ0) is 22.6. The van der Waals surface area contributed by atoms with E-state index in [1.807, 2.05) is 42.5 Å². The normalized spacial score (nSPS) is 15.1. The Morgan fingerprint density at radius 2 is 2.06 bits per heavy atom. The monoisotopic (exact) mass is 445 g/mol. The molecule has 4 heterocycles. The number of ether oxygens (including phenoxy) is 1. The molecular weight excluding hydrogens is 418 g/mol. The molecule has 0 saturated carbocycles. The van der Waals surface area contributed by atoms with Gasteiger partial charge in [0.2, 0.25) is 5.88 Å². The third-order valence-corrected chi connectivity index (χ3v) is 6.27. The number of carbonyl (C=O) groups is 1. The molecule has 1 aliphatic rings. The summed E-state index contributed by atoms with van der Waals surface area (Å²) in [5.74, 6) is 1.88. The maximum atomic E-state index is 12.9. The molecule has 4 aromatic rings. The summed E-state index contributed by atoms with van der Waals surface area (Å²) in [5.41, 5.74) is 3.17. The molecular formula is C25H27N5O3. The molecule has 1 amide bonds. The Morgan fingerprint density at radius 1 is 1.21 bits per heavy atom. The minimum absolute atomic E-state index is 0.149. The maximum Gasteiger partial charge on any atom is 0.272 e. The minimum atomic E-state index is -0.149. The highest BCUT2D eigenvalue weighted by Gasteiger charge is 2.22. The van der Waals surface area contributed by atoms with E-state index in [9.17, 15) is 4.79 Å². The standard InChI is InChI=1S/C25H27N5O3/c1-32-23-7-5-19(15-26-23)18-4-6-22-21(13-18)24(29-28-22)25(31)27-14-17-8-10-30(11-9-17)16-20-3-2-12-33-20/h2-7,12-13,15,17H,8-11,14,16H2,1H3,(H,27,31)(H,28,29).